The molecule has 1 aliphatic heterocycles. The summed E-state index contributed by atoms with van der Waals surface area (Å²) in [6.07, 6.45) is 4.35. The summed E-state index contributed by atoms with van der Waals surface area (Å²) < 4.78 is 42.7. The highest BCUT2D eigenvalue weighted by Crippen LogP contribution is 2.59. The molecular formula is C45H40O7. The molecule has 0 N–H and O–H groups in total. The Morgan fingerprint density at radius 1 is 0.538 bits per heavy atom. The third-order valence-electron chi connectivity index (χ3n) is 10.7. The number of ether oxygens (including phenoxy) is 7. The van der Waals surface area contributed by atoms with E-state index < -0.39 is 11.2 Å². The van der Waals surface area contributed by atoms with Crippen LogP contribution in [0.25, 0.3) is 39.1 Å². The van der Waals surface area contributed by atoms with Crippen molar-refractivity contribution in [2.75, 3.05) is 42.7 Å². The predicted molar refractivity (Wildman–Crippen MR) is 204 cm³/mol. The van der Waals surface area contributed by atoms with Crippen LogP contribution in [0.5, 0.6) is 34.5 Å². The first kappa shape index (κ1) is 33.2. The molecule has 0 amide bonds. The van der Waals surface area contributed by atoms with Crippen LogP contribution in [0.1, 0.15) is 34.7 Å². The molecule has 0 aromatic heterocycles. The molecule has 1 atom stereocenters. The molecule has 1 aliphatic carbocycles. The number of fused-ring (bicyclic) bond motifs is 8. The molecule has 1 unspecified atom stereocenters. The fourth-order valence-electron chi connectivity index (χ4n) is 7.96. The maximum atomic E-state index is 7.56. The van der Waals surface area contributed by atoms with E-state index in [0.29, 0.717) is 17.2 Å². The highest BCUT2D eigenvalue weighted by Gasteiger charge is 2.46. The zero-order valence-electron chi connectivity index (χ0n) is 30.3. The smallest absolute Gasteiger partial charge is 0.178 e. The van der Waals surface area contributed by atoms with Gasteiger partial charge in [0.05, 0.1) is 35.5 Å². The molecule has 7 nitrogen and oxygen atoms in total. The van der Waals surface area contributed by atoms with Crippen LogP contribution < -0.4 is 28.4 Å². The predicted octanol–water partition coefficient (Wildman–Crippen LogP) is 9.79. The first-order chi connectivity index (χ1) is 25.3. The van der Waals surface area contributed by atoms with Crippen LogP contribution in [0.15, 0.2) is 109 Å². The van der Waals surface area contributed by atoms with Gasteiger partial charge >= 0.3 is 0 Å². The van der Waals surface area contributed by atoms with Gasteiger partial charge in [-0.3, -0.25) is 0 Å². The molecule has 2 aliphatic rings. The normalized spacial score (nSPS) is 16.4. The lowest BCUT2D eigenvalue weighted by atomic mass is 9.80. The first-order valence-corrected chi connectivity index (χ1v) is 17.1. The fourth-order valence-corrected chi connectivity index (χ4v) is 7.96. The van der Waals surface area contributed by atoms with Gasteiger partial charge < -0.3 is 33.2 Å². The van der Waals surface area contributed by atoms with Crippen molar-refractivity contribution in [1.29, 1.82) is 0 Å². The maximum absolute atomic E-state index is 7.56. The lowest BCUT2D eigenvalue weighted by Crippen LogP contribution is -2.35. The zero-order valence-corrected chi connectivity index (χ0v) is 30.3. The van der Waals surface area contributed by atoms with Gasteiger partial charge in [0.15, 0.2) is 5.60 Å². The molecule has 262 valence electrons. The van der Waals surface area contributed by atoms with E-state index in [-0.39, 0.29) is 0 Å². The van der Waals surface area contributed by atoms with Crippen molar-refractivity contribution >= 4 is 16.8 Å². The summed E-state index contributed by atoms with van der Waals surface area (Å²) in [7, 11) is 10.1. The van der Waals surface area contributed by atoms with Crippen molar-refractivity contribution in [2.45, 2.75) is 18.1 Å². The minimum absolute atomic E-state index is 0.663. The largest absolute Gasteiger partial charge is 0.497 e. The first-order valence-electron chi connectivity index (χ1n) is 17.1. The molecule has 7 heteroatoms. The quantitative estimate of drug-likeness (QED) is 0.150. The van der Waals surface area contributed by atoms with Gasteiger partial charge in [0.1, 0.15) is 40.1 Å². The van der Waals surface area contributed by atoms with E-state index in [1.165, 1.54) is 0 Å². The van der Waals surface area contributed by atoms with Gasteiger partial charge in [-0.2, -0.15) is 0 Å². The van der Waals surface area contributed by atoms with Gasteiger partial charge in [0.25, 0.3) is 0 Å². The Labute approximate surface area is 303 Å². The van der Waals surface area contributed by atoms with Crippen molar-refractivity contribution in [2.24, 2.45) is 0 Å². The van der Waals surface area contributed by atoms with E-state index in [1.807, 2.05) is 42.5 Å². The van der Waals surface area contributed by atoms with Crippen molar-refractivity contribution in [3.63, 3.8) is 0 Å². The molecule has 0 spiro atoms. The lowest BCUT2D eigenvalue weighted by Gasteiger charge is -2.39. The van der Waals surface area contributed by atoms with Crippen molar-refractivity contribution < 1.29 is 33.2 Å². The van der Waals surface area contributed by atoms with E-state index >= 15 is 0 Å². The Balaban J connectivity index is 1.48. The molecule has 0 fully saturated rings. The summed E-state index contributed by atoms with van der Waals surface area (Å²) in [5.41, 5.74) is 7.16. The summed E-state index contributed by atoms with van der Waals surface area (Å²) in [4.78, 5) is 0. The molecule has 52 heavy (non-hydrogen) atoms. The highest BCUT2D eigenvalue weighted by molar-refractivity contribution is 6.10. The number of benzene rings is 6. The lowest BCUT2D eigenvalue weighted by molar-refractivity contribution is 0.0423. The van der Waals surface area contributed by atoms with Gasteiger partial charge in [0.2, 0.25) is 0 Å². The van der Waals surface area contributed by atoms with Crippen LogP contribution in [0.4, 0.5) is 0 Å². The minimum atomic E-state index is -1.00. The Morgan fingerprint density at radius 2 is 1.13 bits per heavy atom. The molecule has 0 bridgehead atoms. The summed E-state index contributed by atoms with van der Waals surface area (Å²) in [6.45, 7) is 2.14. The molecular weight excluding hydrogens is 652 g/mol. The SMILES string of the molecule is COc1ccc(C2(c3ccc(OC)cc3)C=Cc3c4c(c5cc(OC)c(-c6ccc(OC)cc6OC)cc5c3O2)-c2ccccc2C4(C)OC)cc1. The zero-order chi connectivity index (χ0) is 36.2. The Bertz CT molecular complexity index is 2310. The van der Waals surface area contributed by atoms with Crippen molar-refractivity contribution in [3.8, 4) is 56.8 Å². The Hall–Kier alpha value is -5.92. The van der Waals surface area contributed by atoms with Gasteiger partial charge in [-0.05, 0) is 83.6 Å². The number of methoxy groups -OCH3 is 6. The monoisotopic (exact) mass is 692 g/mol. The second-order valence-electron chi connectivity index (χ2n) is 13.1. The topological polar surface area (TPSA) is 64.6 Å². The van der Waals surface area contributed by atoms with Crippen LogP contribution in [-0.4, -0.2) is 42.7 Å². The van der Waals surface area contributed by atoms with Crippen molar-refractivity contribution in [1.82, 2.24) is 0 Å². The fraction of sp³-hybridized carbons (Fsp3) is 0.200. The highest BCUT2D eigenvalue weighted by atomic mass is 16.5. The summed E-state index contributed by atoms with van der Waals surface area (Å²) >= 11 is 0. The molecule has 0 saturated carbocycles. The standard InChI is InChI=1S/C45H40O7/c1-44(51-7)38-11-9-8-10-33(38)41-36-26-40(50-6)35(32-21-20-31(48-4)24-39(32)49-5)25-37(36)43-34(42(41)44)22-23-45(52-43,27-12-16-29(46-2)17-13-27)28-14-18-30(47-3)19-15-28/h8-26H,1-7H3. The van der Waals surface area contributed by atoms with E-state index in [9.17, 15) is 0 Å². The third kappa shape index (κ3) is 4.83. The average molecular weight is 693 g/mol. The third-order valence-corrected chi connectivity index (χ3v) is 10.7. The molecule has 6 aromatic carbocycles. The minimum Gasteiger partial charge on any atom is -0.497 e. The summed E-state index contributed by atoms with van der Waals surface area (Å²) in [5, 5.41) is 1.91. The maximum Gasteiger partial charge on any atom is 0.178 e. The second-order valence-corrected chi connectivity index (χ2v) is 13.1. The molecule has 1 heterocycles. The van der Waals surface area contributed by atoms with Crippen LogP contribution in [0.3, 0.4) is 0 Å². The van der Waals surface area contributed by atoms with Crippen LogP contribution in [-0.2, 0) is 15.9 Å². The van der Waals surface area contributed by atoms with E-state index in [2.05, 4.69) is 79.7 Å². The number of hydrogen-bond acceptors (Lipinski definition) is 7. The molecule has 0 saturated heterocycles. The van der Waals surface area contributed by atoms with Gasteiger partial charge in [-0.15, -0.1) is 0 Å². The van der Waals surface area contributed by atoms with Gasteiger partial charge in [0, 0.05) is 51.9 Å². The Morgan fingerprint density at radius 3 is 1.73 bits per heavy atom. The van der Waals surface area contributed by atoms with E-state index in [1.54, 1.807) is 42.7 Å². The molecule has 6 aromatic rings. The average Bonchev–Trinajstić information content (AvgIpc) is 3.48. The van der Waals surface area contributed by atoms with Crippen LogP contribution >= 0.6 is 0 Å². The summed E-state index contributed by atoms with van der Waals surface area (Å²) in [5.74, 6) is 4.31. The van der Waals surface area contributed by atoms with Crippen LogP contribution in [0.2, 0.25) is 0 Å². The summed E-state index contributed by atoms with van der Waals surface area (Å²) in [6, 6.07) is 34.6. The van der Waals surface area contributed by atoms with E-state index in [4.69, 9.17) is 33.2 Å². The number of rotatable bonds is 9. The van der Waals surface area contributed by atoms with Gasteiger partial charge in [-0.1, -0.05) is 54.6 Å². The molecule has 8 rings (SSSR count). The Kier molecular flexibility index (Phi) is 8.11. The van der Waals surface area contributed by atoms with Gasteiger partial charge in [-0.25, -0.2) is 0 Å². The number of hydrogen-bond donors (Lipinski definition) is 0. The molecule has 0 radical (unpaired) electrons. The van der Waals surface area contributed by atoms with E-state index in [0.717, 1.165) is 78.1 Å². The van der Waals surface area contributed by atoms with Crippen molar-refractivity contribution in [3.05, 3.63) is 137 Å². The second kappa shape index (κ2) is 12.7. The van der Waals surface area contributed by atoms with Crippen LogP contribution in [0, 0.1) is 0 Å².